The summed E-state index contributed by atoms with van der Waals surface area (Å²) in [6, 6.07) is 22.1. The summed E-state index contributed by atoms with van der Waals surface area (Å²) >= 11 is 3.20. The first-order valence-electron chi connectivity index (χ1n) is 10.9. The van der Waals surface area contributed by atoms with Crippen LogP contribution in [0.25, 0.3) is 11.4 Å². The normalized spacial score (nSPS) is 15.1. The van der Waals surface area contributed by atoms with Crippen LogP contribution < -0.4 is 4.90 Å². The summed E-state index contributed by atoms with van der Waals surface area (Å²) in [5, 5.41) is 9.46. The molecule has 0 aliphatic carbocycles. The number of hydrogen-bond acceptors (Lipinski definition) is 6. The Bertz CT molecular complexity index is 1290. The van der Waals surface area contributed by atoms with Gasteiger partial charge < -0.3 is 4.90 Å². The first-order chi connectivity index (χ1) is 16.8. The summed E-state index contributed by atoms with van der Waals surface area (Å²) in [4.78, 5) is 20.8. The summed E-state index contributed by atoms with van der Waals surface area (Å²) in [7, 11) is 0. The summed E-state index contributed by atoms with van der Waals surface area (Å²) in [5.74, 6) is 1.86. The fraction of sp³-hybridized carbons (Fsp3) is 0.154. The van der Waals surface area contributed by atoms with E-state index < -0.39 is 0 Å². The first kappa shape index (κ1) is 22.4. The minimum absolute atomic E-state index is 0.0207. The monoisotopic (exact) mass is 485 g/mol. The fourth-order valence-corrected chi connectivity index (χ4v) is 5.99. The van der Waals surface area contributed by atoms with Crippen LogP contribution in [-0.2, 0) is 11.3 Å². The van der Waals surface area contributed by atoms with Crippen LogP contribution in [0.3, 0.4) is 0 Å². The summed E-state index contributed by atoms with van der Waals surface area (Å²) in [5.41, 5.74) is 3.02. The molecular formula is C26H23N5OS2. The number of pyridine rings is 1. The molecule has 6 nitrogen and oxygen atoms in total. The maximum atomic E-state index is 13.7. The molecule has 0 saturated heterocycles. The van der Waals surface area contributed by atoms with Crippen molar-refractivity contribution in [3.8, 4) is 11.4 Å². The van der Waals surface area contributed by atoms with E-state index >= 15 is 0 Å². The molecule has 8 heteroatoms. The zero-order chi connectivity index (χ0) is 23.3. The number of carbonyl (C=O) groups excluding carboxylic acids is 1. The van der Waals surface area contributed by atoms with Gasteiger partial charge in [0.05, 0.1) is 17.5 Å². The van der Waals surface area contributed by atoms with E-state index in [9.17, 15) is 4.79 Å². The van der Waals surface area contributed by atoms with Gasteiger partial charge in [0.25, 0.3) is 0 Å². The van der Waals surface area contributed by atoms with Gasteiger partial charge >= 0.3 is 0 Å². The number of fused-ring (bicyclic) bond motifs is 1. The lowest BCUT2D eigenvalue weighted by atomic mass is 10.1. The van der Waals surface area contributed by atoms with Crippen LogP contribution in [0.2, 0.25) is 0 Å². The highest BCUT2D eigenvalue weighted by molar-refractivity contribution is 8.00. The maximum absolute atomic E-state index is 13.7. The summed E-state index contributed by atoms with van der Waals surface area (Å²) in [6.45, 7) is 4.43. The molecule has 170 valence electrons. The first-order valence-corrected chi connectivity index (χ1v) is 12.9. The molecule has 1 unspecified atom stereocenters. The number of benzene rings is 2. The van der Waals surface area contributed by atoms with Gasteiger partial charge in [0.15, 0.2) is 11.0 Å². The molecular weight excluding hydrogens is 462 g/mol. The lowest BCUT2D eigenvalue weighted by Crippen LogP contribution is -2.39. The van der Waals surface area contributed by atoms with Gasteiger partial charge in [-0.1, -0.05) is 60.3 Å². The zero-order valence-corrected chi connectivity index (χ0v) is 20.1. The van der Waals surface area contributed by atoms with Crippen LogP contribution in [0.1, 0.15) is 11.6 Å². The second-order valence-electron chi connectivity index (χ2n) is 7.70. The molecule has 2 aromatic heterocycles. The highest BCUT2D eigenvalue weighted by Crippen LogP contribution is 2.43. The molecule has 0 saturated carbocycles. The van der Waals surface area contributed by atoms with Crippen LogP contribution in [-0.4, -0.2) is 37.2 Å². The Labute approximate surface area is 207 Å². The average molecular weight is 486 g/mol. The topological polar surface area (TPSA) is 63.9 Å². The van der Waals surface area contributed by atoms with Crippen LogP contribution in [0.15, 0.2) is 102 Å². The third-order valence-corrected chi connectivity index (χ3v) is 7.67. The largest absolute Gasteiger partial charge is 0.302 e. The number of anilines is 1. The average Bonchev–Trinajstić information content (AvgIpc) is 3.30. The quantitative estimate of drug-likeness (QED) is 0.254. The molecule has 0 radical (unpaired) electrons. The van der Waals surface area contributed by atoms with Crippen LogP contribution in [0, 0.1) is 0 Å². The van der Waals surface area contributed by atoms with E-state index in [-0.39, 0.29) is 17.7 Å². The number of rotatable bonds is 7. The van der Waals surface area contributed by atoms with Gasteiger partial charge in [-0.3, -0.25) is 14.3 Å². The molecule has 4 aromatic rings. The van der Waals surface area contributed by atoms with Crippen molar-refractivity contribution in [1.29, 1.82) is 0 Å². The Kier molecular flexibility index (Phi) is 6.78. The van der Waals surface area contributed by atoms with Crippen molar-refractivity contribution in [3.05, 3.63) is 97.3 Å². The Hall–Kier alpha value is -3.36. The molecule has 0 spiro atoms. The van der Waals surface area contributed by atoms with Gasteiger partial charge in [-0.05, 0) is 29.8 Å². The third-order valence-electron chi connectivity index (χ3n) is 5.58. The van der Waals surface area contributed by atoms with E-state index in [0.29, 0.717) is 11.7 Å². The lowest BCUT2D eigenvalue weighted by molar-refractivity contribution is -0.116. The number of nitrogens with zero attached hydrogens (tertiary/aromatic N) is 5. The van der Waals surface area contributed by atoms with Crippen LogP contribution in [0.5, 0.6) is 0 Å². The number of allylic oxidation sites excluding steroid dienone is 1. The summed E-state index contributed by atoms with van der Waals surface area (Å²) < 4.78 is 1.98. The number of para-hydroxylation sites is 1. The number of aromatic nitrogens is 4. The molecule has 1 aliphatic rings. The number of carbonyl (C=O) groups is 1. The van der Waals surface area contributed by atoms with Crippen molar-refractivity contribution >= 4 is 35.1 Å². The third kappa shape index (κ3) is 4.51. The van der Waals surface area contributed by atoms with Crippen molar-refractivity contribution < 1.29 is 4.79 Å². The minimum Gasteiger partial charge on any atom is -0.302 e. The van der Waals surface area contributed by atoms with Crippen molar-refractivity contribution in [3.63, 3.8) is 0 Å². The molecule has 0 N–H and O–H groups in total. The van der Waals surface area contributed by atoms with Gasteiger partial charge in [0.2, 0.25) is 5.91 Å². The van der Waals surface area contributed by atoms with Crippen molar-refractivity contribution in [1.82, 2.24) is 19.7 Å². The Morgan fingerprint density at radius 1 is 1.06 bits per heavy atom. The second-order valence-corrected chi connectivity index (χ2v) is 9.70. The van der Waals surface area contributed by atoms with E-state index in [1.165, 1.54) is 11.8 Å². The molecule has 1 atom stereocenters. The van der Waals surface area contributed by atoms with Gasteiger partial charge in [-0.15, -0.1) is 28.5 Å². The number of thioether (sulfide) groups is 2. The fourth-order valence-electron chi connectivity index (χ4n) is 4.02. The Morgan fingerprint density at radius 3 is 2.62 bits per heavy atom. The summed E-state index contributed by atoms with van der Waals surface area (Å²) in [6.07, 6.45) is 5.27. The molecule has 0 fully saturated rings. The molecule has 2 aromatic carbocycles. The van der Waals surface area contributed by atoms with Crippen molar-refractivity contribution in [2.24, 2.45) is 0 Å². The van der Waals surface area contributed by atoms with Gasteiger partial charge in [-0.2, -0.15) is 0 Å². The highest BCUT2D eigenvalue weighted by Gasteiger charge is 2.32. The standard InChI is InChI=1S/C26H23N5OS2/c1-2-16-30-25(20-12-14-27-15-13-20)28-29-26(30)34-18-24(32)31-21-10-6-7-11-23(21)33-17-22(31)19-8-4-3-5-9-19/h2-15,22H,1,16-18H2. The smallest absolute Gasteiger partial charge is 0.238 e. The Morgan fingerprint density at radius 2 is 1.82 bits per heavy atom. The zero-order valence-electron chi connectivity index (χ0n) is 18.4. The molecule has 1 amide bonds. The Balaban J connectivity index is 1.42. The van der Waals surface area contributed by atoms with Gasteiger partial charge in [0.1, 0.15) is 0 Å². The molecule has 5 rings (SSSR count). The predicted octanol–water partition coefficient (Wildman–Crippen LogP) is 5.50. The van der Waals surface area contributed by atoms with Crippen molar-refractivity contribution in [2.45, 2.75) is 22.6 Å². The molecule has 1 aliphatic heterocycles. The van der Waals surface area contributed by atoms with Gasteiger partial charge in [-0.25, -0.2) is 0 Å². The minimum atomic E-state index is -0.0207. The second kappa shape index (κ2) is 10.3. The molecule has 3 heterocycles. The van der Waals surface area contributed by atoms with E-state index in [4.69, 9.17) is 0 Å². The number of amides is 1. The highest BCUT2D eigenvalue weighted by atomic mass is 32.2. The van der Waals surface area contributed by atoms with Gasteiger partial charge in [0, 0.05) is 35.2 Å². The molecule has 34 heavy (non-hydrogen) atoms. The molecule has 0 bridgehead atoms. The SMILES string of the molecule is C=CCn1c(SCC(=O)N2c3ccccc3SCC2c2ccccc2)nnc1-c1ccncc1. The predicted molar refractivity (Wildman–Crippen MR) is 138 cm³/mol. The van der Waals surface area contributed by atoms with Crippen LogP contribution in [0.4, 0.5) is 5.69 Å². The van der Waals surface area contributed by atoms with Crippen molar-refractivity contribution in [2.75, 3.05) is 16.4 Å². The van der Waals surface area contributed by atoms with Crippen LogP contribution >= 0.6 is 23.5 Å². The van der Waals surface area contributed by atoms with E-state index in [1.807, 2.05) is 64.1 Å². The van der Waals surface area contributed by atoms with E-state index in [2.05, 4.69) is 40.0 Å². The number of hydrogen-bond donors (Lipinski definition) is 0. The van der Waals surface area contributed by atoms with E-state index in [0.717, 1.165) is 33.3 Å². The lowest BCUT2D eigenvalue weighted by Gasteiger charge is -2.37. The van der Waals surface area contributed by atoms with E-state index in [1.54, 1.807) is 24.2 Å². The maximum Gasteiger partial charge on any atom is 0.238 e.